The molecule has 2 heterocycles. The number of aromatic hydroxyl groups is 1. The third-order valence-electron chi connectivity index (χ3n) is 4.93. The minimum absolute atomic E-state index is 0.0386. The Hall–Kier alpha value is -3.35. The molecule has 32 heavy (non-hydrogen) atoms. The van der Waals surface area contributed by atoms with Crippen molar-refractivity contribution >= 4 is 28.7 Å². The van der Waals surface area contributed by atoms with Gasteiger partial charge in [0.25, 0.3) is 0 Å². The number of ether oxygens (including phenoxy) is 4. The molecule has 0 bridgehead atoms. The van der Waals surface area contributed by atoms with E-state index >= 15 is 0 Å². The molecule has 2 amide bonds. The summed E-state index contributed by atoms with van der Waals surface area (Å²) < 4.78 is 27.1. The Morgan fingerprint density at radius 3 is 2.56 bits per heavy atom. The second kappa shape index (κ2) is 8.65. The number of methoxy groups -OCH3 is 1. The van der Waals surface area contributed by atoms with E-state index in [-0.39, 0.29) is 22.4 Å². The molecule has 0 spiro atoms. The minimum Gasteiger partial charge on any atom is -0.505 e. The van der Waals surface area contributed by atoms with Crippen molar-refractivity contribution in [1.82, 2.24) is 0 Å². The van der Waals surface area contributed by atoms with Crippen LogP contribution < -0.4 is 21.4 Å². The average Bonchev–Trinajstić information content (AvgIpc) is 2.68. The maximum Gasteiger partial charge on any atom is 0.404 e. The van der Waals surface area contributed by atoms with Crippen molar-refractivity contribution in [2.75, 3.05) is 12.4 Å². The van der Waals surface area contributed by atoms with Crippen molar-refractivity contribution in [2.24, 2.45) is 5.73 Å². The summed E-state index contributed by atoms with van der Waals surface area (Å²) in [6.45, 7) is 4.49. The van der Waals surface area contributed by atoms with Gasteiger partial charge in [-0.3, -0.25) is 4.79 Å². The van der Waals surface area contributed by atoms with Crippen LogP contribution in [0.15, 0.2) is 27.4 Å². The molecule has 1 unspecified atom stereocenters. The average molecular weight is 452 g/mol. The van der Waals surface area contributed by atoms with Gasteiger partial charge < -0.3 is 44.6 Å². The summed E-state index contributed by atoms with van der Waals surface area (Å²) in [7, 11) is 1.37. The van der Waals surface area contributed by atoms with Crippen LogP contribution in [0.5, 0.6) is 11.5 Å². The maximum atomic E-state index is 12.1. The lowest BCUT2D eigenvalue weighted by Crippen LogP contribution is -2.65. The number of carbonyl (C=O) groups excluding carboxylic acids is 2. The van der Waals surface area contributed by atoms with E-state index in [0.717, 1.165) is 0 Å². The number of nitrogens with two attached hydrogens (primary N) is 1. The van der Waals surface area contributed by atoms with Gasteiger partial charge in [-0.25, -0.2) is 9.59 Å². The normalized spacial score (nSPS) is 24.7. The van der Waals surface area contributed by atoms with Crippen LogP contribution in [0.2, 0.25) is 0 Å². The molecule has 0 saturated carbocycles. The molecule has 1 aliphatic rings. The number of amides is 2. The van der Waals surface area contributed by atoms with Crippen LogP contribution in [0, 0.1) is 0 Å². The van der Waals surface area contributed by atoms with Crippen molar-refractivity contribution in [1.29, 1.82) is 0 Å². The van der Waals surface area contributed by atoms with E-state index in [0.29, 0.717) is 0 Å². The number of hydrogen-bond acceptors (Lipinski definition) is 10. The Kier molecular flexibility index (Phi) is 6.30. The highest BCUT2D eigenvalue weighted by atomic mass is 16.7. The second-order valence-corrected chi connectivity index (χ2v) is 7.71. The van der Waals surface area contributed by atoms with Crippen LogP contribution in [-0.4, -0.2) is 59.5 Å². The third kappa shape index (κ3) is 4.47. The molecule has 0 radical (unpaired) electrons. The van der Waals surface area contributed by atoms with Gasteiger partial charge in [0.2, 0.25) is 12.2 Å². The van der Waals surface area contributed by atoms with E-state index in [1.165, 1.54) is 32.2 Å². The summed E-state index contributed by atoms with van der Waals surface area (Å²) in [4.78, 5) is 34.7. The first-order valence-electron chi connectivity index (χ1n) is 9.53. The molecule has 0 aliphatic carbocycles. The lowest BCUT2D eigenvalue weighted by Gasteiger charge is -2.47. The molecular weight excluding hydrogens is 428 g/mol. The van der Waals surface area contributed by atoms with E-state index < -0.39 is 53.6 Å². The zero-order chi connectivity index (χ0) is 23.8. The number of carbonyl (C=O) groups is 2. The van der Waals surface area contributed by atoms with Crippen LogP contribution >= 0.6 is 0 Å². The highest BCUT2D eigenvalue weighted by molar-refractivity contribution is 5.96. The molecule has 1 aromatic heterocycles. The second-order valence-electron chi connectivity index (χ2n) is 7.71. The van der Waals surface area contributed by atoms with Gasteiger partial charge in [-0.2, -0.15) is 0 Å². The molecule has 2 aromatic rings. The Morgan fingerprint density at radius 1 is 1.28 bits per heavy atom. The third-order valence-corrected chi connectivity index (χ3v) is 4.93. The largest absolute Gasteiger partial charge is 0.505 e. The predicted octanol–water partition coefficient (Wildman–Crippen LogP) is 0.810. The van der Waals surface area contributed by atoms with Crippen molar-refractivity contribution in [3.63, 3.8) is 0 Å². The fourth-order valence-electron chi connectivity index (χ4n) is 3.60. The van der Waals surface area contributed by atoms with Gasteiger partial charge in [0, 0.05) is 20.1 Å². The van der Waals surface area contributed by atoms with Crippen molar-refractivity contribution in [2.45, 2.75) is 51.0 Å². The number of hydrogen-bond donors (Lipinski definition) is 4. The van der Waals surface area contributed by atoms with E-state index in [1.54, 1.807) is 13.8 Å². The number of anilines is 1. The molecule has 1 fully saturated rings. The van der Waals surface area contributed by atoms with Crippen molar-refractivity contribution < 1.29 is 43.2 Å². The van der Waals surface area contributed by atoms with Gasteiger partial charge >= 0.3 is 11.7 Å². The number of nitrogens with one attached hydrogen (secondary N) is 1. The SMILES string of the molecule is CO[C@@H]1[C@@H](OC(N)=O)[C@H](O)C(Oc2ccc3c(O)c(NC(C)=O)c(=O)oc3c2)OC1(C)C. The molecule has 4 atom stereocenters. The summed E-state index contributed by atoms with van der Waals surface area (Å²) in [5, 5.41) is 23.4. The molecule has 1 saturated heterocycles. The lowest BCUT2D eigenvalue weighted by molar-refractivity contribution is -0.304. The number of rotatable bonds is 5. The first kappa shape index (κ1) is 23.3. The summed E-state index contributed by atoms with van der Waals surface area (Å²) in [6, 6.07) is 4.11. The molecular formula is C20H24N2O10. The first-order valence-corrected chi connectivity index (χ1v) is 9.53. The number of aliphatic hydroxyl groups excluding tert-OH is 1. The van der Waals surface area contributed by atoms with Gasteiger partial charge in [-0.1, -0.05) is 0 Å². The highest BCUT2D eigenvalue weighted by Crippen LogP contribution is 2.36. The zero-order valence-electron chi connectivity index (χ0n) is 17.8. The predicted molar refractivity (Wildman–Crippen MR) is 109 cm³/mol. The summed E-state index contributed by atoms with van der Waals surface area (Å²) in [6.07, 6.45) is -5.92. The van der Waals surface area contributed by atoms with Gasteiger partial charge in [-0.15, -0.1) is 0 Å². The molecule has 12 nitrogen and oxygen atoms in total. The van der Waals surface area contributed by atoms with Gasteiger partial charge in [-0.05, 0) is 26.0 Å². The molecule has 174 valence electrons. The zero-order valence-corrected chi connectivity index (χ0v) is 17.8. The van der Waals surface area contributed by atoms with Gasteiger partial charge in [0.1, 0.15) is 17.4 Å². The molecule has 3 rings (SSSR count). The van der Waals surface area contributed by atoms with Crippen LogP contribution in [0.3, 0.4) is 0 Å². The summed E-state index contributed by atoms with van der Waals surface area (Å²) >= 11 is 0. The quantitative estimate of drug-likeness (QED) is 0.474. The van der Waals surface area contributed by atoms with Crippen LogP contribution in [0.4, 0.5) is 10.5 Å². The monoisotopic (exact) mass is 452 g/mol. The Bertz CT molecular complexity index is 1100. The van der Waals surface area contributed by atoms with E-state index in [1.807, 2.05) is 0 Å². The Balaban J connectivity index is 1.93. The van der Waals surface area contributed by atoms with E-state index in [4.69, 9.17) is 29.1 Å². The van der Waals surface area contributed by atoms with E-state index in [9.17, 15) is 24.6 Å². The van der Waals surface area contributed by atoms with Gasteiger partial charge in [0.05, 0.1) is 11.0 Å². The summed E-state index contributed by atoms with van der Waals surface area (Å²) in [5.74, 6) is -0.910. The van der Waals surface area contributed by atoms with Crippen molar-refractivity contribution in [3.8, 4) is 11.5 Å². The van der Waals surface area contributed by atoms with Crippen molar-refractivity contribution in [3.05, 3.63) is 28.6 Å². The lowest BCUT2D eigenvalue weighted by atomic mass is 9.89. The standard InChI is InChI=1S/C20H24N2O10/c1-8(23)22-12-13(24)10-6-5-9(7-11(10)30-17(12)26)29-18-14(25)15(31-19(21)27)16(28-4)20(2,3)32-18/h5-7,14-16,18,24-25H,1-4H3,(H2,21,27)(H,22,23)/t14-,15-,16+,18?/m0/s1. The van der Waals surface area contributed by atoms with E-state index in [2.05, 4.69) is 5.32 Å². The molecule has 1 aromatic carbocycles. The number of aliphatic hydroxyl groups is 1. The number of primary amides is 1. The smallest absolute Gasteiger partial charge is 0.404 e. The fraction of sp³-hybridized carbons (Fsp3) is 0.450. The maximum absolute atomic E-state index is 12.1. The summed E-state index contributed by atoms with van der Waals surface area (Å²) in [5.41, 5.74) is 2.69. The van der Waals surface area contributed by atoms with Crippen LogP contribution in [-0.2, 0) is 19.0 Å². The highest BCUT2D eigenvalue weighted by Gasteiger charge is 2.53. The van der Waals surface area contributed by atoms with Crippen LogP contribution in [0.25, 0.3) is 11.0 Å². The first-order chi connectivity index (χ1) is 14.9. The topological polar surface area (TPSA) is 180 Å². The number of fused-ring (bicyclic) bond motifs is 1. The van der Waals surface area contributed by atoms with Crippen LogP contribution in [0.1, 0.15) is 20.8 Å². The molecule has 12 heteroatoms. The van der Waals surface area contributed by atoms with Gasteiger partial charge in [0.15, 0.2) is 23.6 Å². The Labute approximate surface area is 181 Å². The minimum atomic E-state index is -1.47. The Morgan fingerprint density at radius 2 is 1.97 bits per heavy atom. The number of benzene rings is 1. The fourth-order valence-corrected chi connectivity index (χ4v) is 3.60. The molecule has 5 N–H and O–H groups in total. The molecule has 1 aliphatic heterocycles.